The minimum atomic E-state index is -3.39. The summed E-state index contributed by atoms with van der Waals surface area (Å²) in [5.74, 6) is 0.970. The molecule has 4 nitrogen and oxygen atoms in total. The Labute approximate surface area is 101 Å². The first kappa shape index (κ1) is 13.5. The Hall–Kier alpha value is -0.560. The summed E-state index contributed by atoms with van der Waals surface area (Å²) in [7, 11) is -3.39. The van der Waals surface area contributed by atoms with Gasteiger partial charge in [0.1, 0.15) is 0 Å². The van der Waals surface area contributed by atoms with Gasteiger partial charge in [-0.3, -0.25) is 0 Å². The number of thioether (sulfide) groups is 1. The van der Waals surface area contributed by atoms with Crippen molar-refractivity contribution in [2.24, 2.45) is 5.73 Å². The lowest BCUT2D eigenvalue weighted by atomic mass is 10.4. The van der Waals surface area contributed by atoms with Crippen LogP contribution in [0.3, 0.4) is 0 Å². The first-order valence-electron chi connectivity index (χ1n) is 5.02. The van der Waals surface area contributed by atoms with Gasteiger partial charge in [-0.15, -0.1) is 11.8 Å². The molecular weight excluding hydrogens is 244 g/mol. The van der Waals surface area contributed by atoms with Crippen LogP contribution in [0.15, 0.2) is 34.1 Å². The molecule has 3 N–H and O–H groups in total. The van der Waals surface area contributed by atoms with Gasteiger partial charge in [0.2, 0.25) is 10.0 Å². The molecule has 0 amide bonds. The largest absolute Gasteiger partial charge is 0.329 e. The molecule has 1 aromatic carbocycles. The van der Waals surface area contributed by atoms with E-state index in [9.17, 15) is 8.42 Å². The van der Waals surface area contributed by atoms with Crippen molar-refractivity contribution in [2.75, 3.05) is 18.8 Å². The van der Waals surface area contributed by atoms with E-state index in [1.165, 1.54) is 0 Å². The van der Waals surface area contributed by atoms with Crippen molar-refractivity contribution in [3.05, 3.63) is 24.3 Å². The predicted octanol–water partition coefficient (Wildman–Crippen LogP) is 1.04. The molecule has 0 atom stereocenters. The molecule has 0 saturated carbocycles. The molecule has 0 aliphatic carbocycles. The lowest BCUT2D eigenvalue weighted by Crippen LogP contribution is -2.29. The van der Waals surface area contributed by atoms with Gasteiger partial charge in [0.25, 0.3) is 0 Å². The molecule has 0 unspecified atom stereocenters. The molecule has 0 saturated heterocycles. The fourth-order valence-electron chi connectivity index (χ4n) is 1.16. The van der Waals surface area contributed by atoms with Crippen LogP contribution in [0, 0.1) is 0 Å². The SMILES string of the molecule is CCSc1ccc(S(=O)(=O)NCCN)cc1. The van der Waals surface area contributed by atoms with Gasteiger partial charge in [-0.25, -0.2) is 13.1 Å². The summed E-state index contributed by atoms with van der Waals surface area (Å²) < 4.78 is 25.8. The number of sulfonamides is 1. The number of nitrogens with two attached hydrogens (primary N) is 1. The van der Waals surface area contributed by atoms with Gasteiger partial charge in [0, 0.05) is 18.0 Å². The second kappa shape index (κ2) is 6.24. The Morgan fingerprint density at radius 3 is 2.44 bits per heavy atom. The minimum Gasteiger partial charge on any atom is -0.329 e. The number of rotatable bonds is 6. The molecular formula is C10H16N2O2S2. The normalized spacial score (nSPS) is 11.6. The van der Waals surface area contributed by atoms with Gasteiger partial charge >= 0.3 is 0 Å². The average molecular weight is 260 g/mol. The summed E-state index contributed by atoms with van der Waals surface area (Å²) >= 11 is 1.68. The third-order valence-corrected chi connectivity index (χ3v) is 4.25. The first-order valence-corrected chi connectivity index (χ1v) is 7.49. The molecule has 90 valence electrons. The molecule has 16 heavy (non-hydrogen) atoms. The molecule has 0 aliphatic heterocycles. The average Bonchev–Trinajstić information content (AvgIpc) is 2.28. The van der Waals surface area contributed by atoms with Crippen LogP contribution in [-0.2, 0) is 10.0 Å². The van der Waals surface area contributed by atoms with Crippen molar-refractivity contribution in [3.63, 3.8) is 0 Å². The van der Waals surface area contributed by atoms with Crippen molar-refractivity contribution in [1.29, 1.82) is 0 Å². The third kappa shape index (κ3) is 3.79. The minimum absolute atomic E-state index is 0.258. The van der Waals surface area contributed by atoms with Crippen molar-refractivity contribution in [1.82, 2.24) is 4.72 Å². The molecule has 0 radical (unpaired) electrons. The van der Waals surface area contributed by atoms with E-state index in [0.29, 0.717) is 6.54 Å². The summed E-state index contributed by atoms with van der Waals surface area (Å²) in [5, 5.41) is 0. The topological polar surface area (TPSA) is 72.2 Å². The Balaban J connectivity index is 2.80. The molecule has 0 spiro atoms. The summed E-state index contributed by atoms with van der Waals surface area (Å²) in [6.45, 7) is 2.61. The molecule has 0 aliphatic rings. The van der Waals surface area contributed by atoms with Crippen LogP contribution >= 0.6 is 11.8 Å². The van der Waals surface area contributed by atoms with Crippen LogP contribution in [0.5, 0.6) is 0 Å². The van der Waals surface area contributed by atoms with Crippen LogP contribution in [0.25, 0.3) is 0 Å². The van der Waals surface area contributed by atoms with E-state index in [4.69, 9.17) is 5.73 Å². The monoisotopic (exact) mass is 260 g/mol. The Morgan fingerprint density at radius 2 is 1.94 bits per heavy atom. The second-order valence-electron chi connectivity index (χ2n) is 3.09. The van der Waals surface area contributed by atoms with Crippen LogP contribution in [0.1, 0.15) is 6.92 Å². The zero-order valence-corrected chi connectivity index (χ0v) is 10.8. The highest BCUT2D eigenvalue weighted by atomic mass is 32.2. The van der Waals surface area contributed by atoms with Crippen molar-refractivity contribution in [3.8, 4) is 0 Å². The quantitative estimate of drug-likeness (QED) is 0.750. The maximum Gasteiger partial charge on any atom is 0.240 e. The first-order chi connectivity index (χ1) is 7.60. The van der Waals surface area contributed by atoms with E-state index >= 15 is 0 Å². The summed E-state index contributed by atoms with van der Waals surface area (Å²) in [6.07, 6.45) is 0. The number of benzene rings is 1. The van der Waals surface area contributed by atoms with Gasteiger partial charge in [-0.1, -0.05) is 6.92 Å². The maximum atomic E-state index is 11.7. The van der Waals surface area contributed by atoms with Crippen molar-refractivity contribution >= 4 is 21.8 Å². The van der Waals surface area contributed by atoms with Crippen molar-refractivity contribution in [2.45, 2.75) is 16.7 Å². The standard InChI is InChI=1S/C10H16N2O2S2/c1-2-15-9-3-5-10(6-4-9)16(13,14)12-8-7-11/h3-6,12H,2,7-8,11H2,1H3. The van der Waals surface area contributed by atoms with E-state index in [-0.39, 0.29) is 11.4 Å². The van der Waals surface area contributed by atoms with Gasteiger partial charge < -0.3 is 5.73 Å². The smallest absolute Gasteiger partial charge is 0.240 e. The zero-order valence-electron chi connectivity index (χ0n) is 9.14. The van der Waals surface area contributed by atoms with Gasteiger partial charge in [0.05, 0.1) is 4.90 Å². The fourth-order valence-corrected chi connectivity index (χ4v) is 2.87. The Kier molecular flexibility index (Phi) is 5.27. The van der Waals surface area contributed by atoms with E-state index in [1.807, 2.05) is 12.1 Å². The van der Waals surface area contributed by atoms with Crippen LogP contribution in [-0.4, -0.2) is 27.3 Å². The van der Waals surface area contributed by atoms with E-state index in [1.54, 1.807) is 23.9 Å². The lowest BCUT2D eigenvalue weighted by molar-refractivity contribution is 0.582. The molecule has 0 fully saturated rings. The fraction of sp³-hybridized carbons (Fsp3) is 0.400. The molecule has 0 aromatic heterocycles. The molecule has 0 heterocycles. The predicted molar refractivity (Wildman–Crippen MR) is 67.1 cm³/mol. The number of hydrogen-bond donors (Lipinski definition) is 2. The highest BCUT2D eigenvalue weighted by molar-refractivity contribution is 7.99. The van der Waals surface area contributed by atoms with Gasteiger partial charge in [0.15, 0.2) is 0 Å². The summed E-state index contributed by atoms with van der Waals surface area (Å²) in [4.78, 5) is 1.35. The van der Waals surface area contributed by atoms with Gasteiger partial charge in [-0.2, -0.15) is 0 Å². The van der Waals surface area contributed by atoms with Crippen LogP contribution < -0.4 is 10.5 Å². The highest BCUT2D eigenvalue weighted by Gasteiger charge is 2.12. The second-order valence-corrected chi connectivity index (χ2v) is 6.20. The number of nitrogens with one attached hydrogen (secondary N) is 1. The zero-order chi connectivity index (χ0) is 12.0. The van der Waals surface area contributed by atoms with E-state index in [0.717, 1.165) is 10.6 Å². The molecule has 0 bridgehead atoms. The molecule has 6 heteroatoms. The van der Waals surface area contributed by atoms with E-state index in [2.05, 4.69) is 11.6 Å². The highest BCUT2D eigenvalue weighted by Crippen LogP contribution is 2.19. The van der Waals surface area contributed by atoms with Crippen LogP contribution in [0.4, 0.5) is 0 Å². The summed E-state index contributed by atoms with van der Waals surface area (Å²) in [5.41, 5.74) is 5.25. The Morgan fingerprint density at radius 1 is 1.31 bits per heavy atom. The Bertz CT molecular complexity index is 415. The third-order valence-electron chi connectivity index (χ3n) is 1.88. The van der Waals surface area contributed by atoms with Gasteiger partial charge in [-0.05, 0) is 30.0 Å². The molecule has 1 rings (SSSR count). The van der Waals surface area contributed by atoms with Crippen LogP contribution in [0.2, 0.25) is 0 Å². The van der Waals surface area contributed by atoms with Crippen molar-refractivity contribution < 1.29 is 8.42 Å². The number of hydrogen-bond acceptors (Lipinski definition) is 4. The summed E-state index contributed by atoms with van der Waals surface area (Å²) in [6, 6.07) is 6.84. The molecule has 1 aromatic rings. The van der Waals surface area contributed by atoms with E-state index < -0.39 is 10.0 Å². The maximum absolute atomic E-state index is 11.7. The lowest BCUT2D eigenvalue weighted by Gasteiger charge is -2.06.